The second-order valence-corrected chi connectivity index (χ2v) is 6.91. The molecule has 4 aromatic carbocycles. The van der Waals surface area contributed by atoms with Crippen LogP contribution in [0.4, 0.5) is 0 Å². The van der Waals surface area contributed by atoms with Crippen molar-refractivity contribution < 1.29 is 0 Å². The van der Waals surface area contributed by atoms with Crippen LogP contribution in [0.5, 0.6) is 0 Å². The van der Waals surface area contributed by atoms with Crippen molar-refractivity contribution in [2.24, 2.45) is 0 Å². The maximum atomic E-state index is 6.13. The van der Waals surface area contributed by atoms with E-state index in [0.717, 1.165) is 44.3 Å². The lowest BCUT2D eigenvalue weighted by Crippen LogP contribution is -1.92. The highest BCUT2D eigenvalue weighted by Gasteiger charge is 2.12. The van der Waals surface area contributed by atoms with E-state index in [4.69, 9.17) is 21.6 Å². The van der Waals surface area contributed by atoms with Crippen LogP contribution in [0.3, 0.4) is 0 Å². The molecule has 0 bridgehead atoms. The normalized spacial score (nSPS) is 11.1. The van der Waals surface area contributed by atoms with Gasteiger partial charge in [-0.2, -0.15) is 0 Å². The molecule has 0 N–H and O–H groups in total. The molecule has 0 unspecified atom stereocenters. The molecule has 0 spiro atoms. The second-order valence-electron chi connectivity index (χ2n) is 6.48. The first-order valence-electron chi connectivity index (χ1n) is 8.80. The van der Waals surface area contributed by atoms with E-state index in [2.05, 4.69) is 60.7 Å². The molecular weight excluding hydrogens is 352 g/mol. The van der Waals surface area contributed by atoms with Gasteiger partial charge in [0.15, 0.2) is 0 Å². The molecule has 0 aliphatic heterocycles. The molecule has 0 aliphatic carbocycles. The Labute approximate surface area is 162 Å². The zero-order valence-electron chi connectivity index (χ0n) is 14.4. The molecule has 5 rings (SSSR count). The van der Waals surface area contributed by atoms with Crippen molar-refractivity contribution in [2.75, 3.05) is 0 Å². The topological polar surface area (TPSA) is 25.8 Å². The average molecular weight is 367 g/mol. The van der Waals surface area contributed by atoms with Crippen LogP contribution in [-0.2, 0) is 0 Å². The second kappa shape index (κ2) is 6.49. The molecular formula is C24H15ClN2. The number of fused-ring (bicyclic) bond motifs is 2. The SMILES string of the molecule is Clc1ccc2nc3cc(-c4ccccc4)c(-c4ccccc4)cc3nc2c1. The zero-order chi connectivity index (χ0) is 18.2. The van der Waals surface area contributed by atoms with Gasteiger partial charge in [0.1, 0.15) is 0 Å². The van der Waals surface area contributed by atoms with E-state index in [1.165, 1.54) is 0 Å². The molecule has 0 saturated carbocycles. The number of hydrogen-bond acceptors (Lipinski definition) is 2. The minimum Gasteiger partial charge on any atom is -0.244 e. The summed E-state index contributed by atoms with van der Waals surface area (Å²) in [5.74, 6) is 0. The van der Waals surface area contributed by atoms with Crippen LogP contribution in [0, 0.1) is 0 Å². The summed E-state index contributed by atoms with van der Waals surface area (Å²) in [5, 5.41) is 0.667. The first kappa shape index (κ1) is 16.0. The van der Waals surface area contributed by atoms with Crippen LogP contribution in [-0.4, -0.2) is 9.97 Å². The third-order valence-electron chi connectivity index (χ3n) is 4.70. The van der Waals surface area contributed by atoms with Gasteiger partial charge in [0.2, 0.25) is 0 Å². The molecule has 0 atom stereocenters. The summed E-state index contributed by atoms with van der Waals surface area (Å²) in [4.78, 5) is 9.63. The van der Waals surface area contributed by atoms with Crippen molar-refractivity contribution in [3.05, 3.63) is 96.0 Å². The number of benzene rings is 4. The van der Waals surface area contributed by atoms with E-state index < -0.39 is 0 Å². The summed E-state index contributed by atoms with van der Waals surface area (Å²) in [6.45, 7) is 0. The molecule has 0 saturated heterocycles. The summed E-state index contributed by atoms with van der Waals surface area (Å²) in [5.41, 5.74) is 8.01. The summed E-state index contributed by atoms with van der Waals surface area (Å²) < 4.78 is 0. The quantitative estimate of drug-likeness (QED) is 0.322. The number of rotatable bonds is 2. The van der Waals surface area contributed by atoms with Crippen molar-refractivity contribution in [1.29, 1.82) is 0 Å². The van der Waals surface area contributed by atoms with Gasteiger partial charge >= 0.3 is 0 Å². The predicted octanol–water partition coefficient (Wildman–Crippen LogP) is 6.77. The molecule has 5 aromatic rings. The van der Waals surface area contributed by atoms with Crippen LogP contribution in [0.1, 0.15) is 0 Å². The molecule has 27 heavy (non-hydrogen) atoms. The Bertz CT molecular complexity index is 1270. The minimum absolute atomic E-state index is 0.667. The van der Waals surface area contributed by atoms with E-state index in [-0.39, 0.29) is 0 Å². The Morgan fingerprint density at radius 3 is 1.52 bits per heavy atom. The molecule has 2 nitrogen and oxygen atoms in total. The Morgan fingerprint density at radius 2 is 0.963 bits per heavy atom. The monoisotopic (exact) mass is 366 g/mol. The number of halogens is 1. The minimum atomic E-state index is 0.667. The number of hydrogen-bond donors (Lipinski definition) is 0. The van der Waals surface area contributed by atoms with Crippen molar-refractivity contribution >= 4 is 33.7 Å². The maximum Gasteiger partial charge on any atom is 0.0909 e. The molecule has 1 aromatic heterocycles. The maximum absolute atomic E-state index is 6.13. The van der Waals surface area contributed by atoms with Crippen molar-refractivity contribution in [3.63, 3.8) is 0 Å². The van der Waals surface area contributed by atoms with E-state index in [1.807, 2.05) is 30.3 Å². The van der Waals surface area contributed by atoms with Gasteiger partial charge in [-0.25, -0.2) is 9.97 Å². The van der Waals surface area contributed by atoms with Crippen LogP contribution in [0.2, 0.25) is 5.02 Å². The number of nitrogens with zero attached hydrogens (tertiary/aromatic N) is 2. The summed E-state index contributed by atoms with van der Waals surface area (Å²) in [6.07, 6.45) is 0. The molecule has 3 heteroatoms. The van der Waals surface area contributed by atoms with Crippen LogP contribution in [0.25, 0.3) is 44.3 Å². The lowest BCUT2D eigenvalue weighted by Gasteiger charge is -2.12. The number of aromatic nitrogens is 2. The molecule has 0 aliphatic rings. The lowest BCUT2D eigenvalue weighted by molar-refractivity contribution is 1.39. The van der Waals surface area contributed by atoms with Gasteiger partial charge in [-0.05, 0) is 52.6 Å². The first-order chi connectivity index (χ1) is 13.3. The van der Waals surface area contributed by atoms with E-state index in [1.54, 1.807) is 0 Å². The fourth-order valence-electron chi connectivity index (χ4n) is 3.41. The van der Waals surface area contributed by atoms with Crippen molar-refractivity contribution in [1.82, 2.24) is 9.97 Å². The standard InChI is InChI=1S/C24H15ClN2/c25-18-11-12-21-22(13-18)27-24-15-20(17-9-5-2-6-10-17)19(14-23(24)26-21)16-7-3-1-4-8-16/h1-15H. The Morgan fingerprint density at radius 1 is 0.481 bits per heavy atom. The van der Waals surface area contributed by atoms with Crippen molar-refractivity contribution in [2.45, 2.75) is 0 Å². The molecule has 0 radical (unpaired) electrons. The third-order valence-corrected chi connectivity index (χ3v) is 4.94. The average Bonchev–Trinajstić information content (AvgIpc) is 2.72. The van der Waals surface area contributed by atoms with Gasteiger partial charge in [-0.3, -0.25) is 0 Å². The molecule has 0 amide bonds. The van der Waals surface area contributed by atoms with E-state index in [0.29, 0.717) is 5.02 Å². The van der Waals surface area contributed by atoms with Gasteiger partial charge < -0.3 is 0 Å². The zero-order valence-corrected chi connectivity index (χ0v) is 15.2. The van der Waals surface area contributed by atoms with E-state index in [9.17, 15) is 0 Å². The fourth-order valence-corrected chi connectivity index (χ4v) is 3.58. The van der Waals surface area contributed by atoms with Crippen LogP contribution >= 0.6 is 11.6 Å². The van der Waals surface area contributed by atoms with Gasteiger partial charge in [0.25, 0.3) is 0 Å². The highest BCUT2D eigenvalue weighted by Crippen LogP contribution is 2.35. The van der Waals surface area contributed by atoms with Gasteiger partial charge in [0.05, 0.1) is 22.1 Å². The van der Waals surface area contributed by atoms with Crippen molar-refractivity contribution in [3.8, 4) is 22.3 Å². The van der Waals surface area contributed by atoms with Crippen LogP contribution in [0.15, 0.2) is 91.0 Å². The van der Waals surface area contributed by atoms with Gasteiger partial charge in [-0.15, -0.1) is 0 Å². The lowest BCUT2D eigenvalue weighted by atomic mass is 9.94. The van der Waals surface area contributed by atoms with Crippen LogP contribution < -0.4 is 0 Å². The Balaban J connectivity index is 1.85. The third kappa shape index (κ3) is 2.94. The van der Waals surface area contributed by atoms with E-state index >= 15 is 0 Å². The Hall–Kier alpha value is -3.23. The molecule has 0 fully saturated rings. The predicted molar refractivity (Wildman–Crippen MR) is 113 cm³/mol. The largest absolute Gasteiger partial charge is 0.244 e. The fraction of sp³-hybridized carbons (Fsp3) is 0. The summed E-state index contributed by atoms with van der Waals surface area (Å²) in [7, 11) is 0. The molecule has 128 valence electrons. The molecule has 1 heterocycles. The first-order valence-corrected chi connectivity index (χ1v) is 9.18. The smallest absolute Gasteiger partial charge is 0.0909 e. The van der Waals surface area contributed by atoms with Gasteiger partial charge in [0, 0.05) is 5.02 Å². The van der Waals surface area contributed by atoms with Gasteiger partial charge in [-0.1, -0.05) is 72.3 Å². The summed E-state index contributed by atoms with van der Waals surface area (Å²) >= 11 is 6.13. The highest BCUT2D eigenvalue weighted by atomic mass is 35.5. The summed E-state index contributed by atoms with van der Waals surface area (Å²) in [6, 6.07) is 30.7. The highest BCUT2D eigenvalue weighted by molar-refractivity contribution is 6.31. The Kier molecular flexibility index (Phi) is 3.84.